The lowest BCUT2D eigenvalue weighted by atomic mass is 9.75. The van der Waals surface area contributed by atoms with Gasteiger partial charge in [-0.2, -0.15) is 0 Å². The zero-order valence-electron chi connectivity index (χ0n) is 11.8. The number of ether oxygens (including phenoxy) is 1. The summed E-state index contributed by atoms with van der Waals surface area (Å²) in [6, 6.07) is 0.609. The van der Waals surface area contributed by atoms with Crippen LogP contribution in [-0.2, 0) is 4.74 Å². The molecule has 5 unspecified atom stereocenters. The zero-order chi connectivity index (χ0) is 13.7. The molecule has 108 valence electrons. The van der Waals surface area contributed by atoms with Gasteiger partial charge in [-0.3, -0.25) is 0 Å². The molecule has 0 aliphatic heterocycles. The monoisotopic (exact) mass is 259 g/mol. The van der Waals surface area contributed by atoms with Crippen LogP contribution in [0.1, 0.15) is 33.1 Å². The first-order chi connectivity index (χ1) is 8.49. The molecule has 1 aliphatic rings. The van der Waals surface area contributed by atoms with E-state index in [1.54, 1.807) is 7.11 Å². The van der Waals surface area contributed by atoms with Crippen LogP contribution in [0, 0.1) is 11.8 Å². The molecule has 1 rings (SSSR count). The fourth-order valence-corrected chi connectivity index (χ4v) is 2.99. The number of aliphatic hydroxyl groups excluding tert-OH is 1. The first-order valence-electron chi connectivity index (χ1n) is 6.92. The van der Waals surface area contributed by atoms with Gasteiger partial charge in [-0.1, -0.05) is 6.92 Å². The van der Waals surface area contributed by atoms with Gasteiger partial charge >= 0.3 is 0 Å². The Balaban J connectivity index is 2.61. The molecule has 6 atom stereocenters. The van der Waals surface area contributed by atoms with E-state index < -0.39 is 6.23 Å². The molecule has 1 saturated carbocycles. The molecule has 0 saturated heterocycles. The summed E-state index contributed by atoms with van der Waals surface area (Å²) in [4.78, 5) is 0. The fourth-order valence-electron chi connectivity index (χ4n) is 2.99. The molecule has 0 radical (unpaired) electrons. The third-order valence-electron chi connectivity index (χ3n) is 4.15. The molecule has 0 aromatic rings. The second-order valence-electron chi connectivity index (χ2n) is 5.63. The Bertz CT molecular complexity index is 238. The van der Waals surface area contributed by atoms with Gasteiger partial charge in [-0.25, -0.2) is 0 Å². The predicted octanol–water partition coefficient (Wildman–Crippen LogP) is 0.0201. The largest absolute Gasteiger partial charge is 0.380 e. The topological polar surface area (TPSA) is 93.5 Å². The maximum atomic E-state index is 9.65. The first kappa shape index (κ1) is 15.9. The van der Waals surface area contributed by atoms with Gasteiger partial charge in [0.05, 0.1) is 6.10 Å². The van der Waals surface area contributed by atoms with Crippen molar-refractivity contribution in [2.45, 2.75) is 57.5 Å². The van der Waals surface area contributed by atoms with E-state index in [1.165, 1.54) is 0 Å². The van der Waals surface area contributed by atoms with Gasteiger partial charge in [-0.15, -0.1) is 0 Å². The average Bonchev–Trinajstić information content (AvgIpc) is 2.30. The van der Waals surface area contributed by atoms with E-state index in [0.29, 0.717) is 18.5 Å². The van der Waals surface area contributed by atoms with Gasteiger partial charge in [-0.05, 0) is 38.6 Å². The number of methoxy groups -OCH3 is 1. The van der Waals surface area contributed by atoms with E-state index in [1.807, 2.05) is 0 Å². The first-order valence-corrected chi connectivity index (χ1v) is 6.92. The Hall–Kier alpha value is -0.200. The molecule has 1 aliphatic carbocycles. The van der Waals surface area contributed by atoms with Crippen molar-refractivity contribution in [3.63, 3.8) is 0 Å². The van der Waals surface area contributed by atoms with Crippen molar-refractivity contribution in [3.8, 4) is 0 Å². The highest BCUT2D eigenvalue weighted by molar-refractivity contribution is 4.91. The van der Waals surface area contributed by atoms with Gasteiger partial charge in [0.2, 0.25) is 0 Å². The van der Waals surface area contributed by atoms with E-state index in [4.69, 9.17) is 16.2 Å². The lowest BCUT2D eigenvalue weighted by Gasteiger charge is -2.42. The molecule has 18 heavy (non-hydrogen) atoms. The van der Waals surface area contributed by atoms with Crippen LogP contribution in [0.5, 0.6) is 0 Å². The Kier molecular flexibility index (Phi) is 6.52. The van der Waals surface area contributed by atoms with Crippen LogP contribution in [0.25, 0.3) is 0 Å². The van der Waals surface area contributed by atoms with Gasteiger partial charge in [0.1, 0.15) is 6.23 Å². The van der Waals surface area contributed by atoms with Crippen LogP contribution in [0.4, 0.5) is 0 Å². The maximum absolute atomic E-state index is 9.65. The van der Waals surface area contributed by atoms with E-state index in [2.05, 4.69) is 19.2 Å². The number of hydrogen-bond donors (Lipinski definition) is 4. The zero-order valence-corrected chi connectivity index (χ0v) is 11.8. The van der Waals surface area contributed by atoms with Crippen molar-refractivity contribution in [1.82, 2.24) is 5.32 Å². The molecule has 0 heterocycles. The second kappa shape index (κ2) is 7.40. The highest BCUT2D eigenvalue weighted by Gasteiger charge is 2.37. The van der Waals surface area contributed by atoms with Crippen LogP contribution >= 0.6 is 0 Å². The predicted molar refractivity (Wildman–Crippen MR) is 72.9 cm³/mol. The summed E-state index contributed by atoms with van der Waals surface area (Å²) in [6.07, 6.45) is 2.18. The molecule has 6 N–H and O–H groups in total. The van der Waals surface area contributed by atoms with E-state index in [-0.39, 0.29) is 18.1 Å². The Morgan fingerprint density at radius 2 is 2.11 bits per heavy atom. The number of rotatable bonds is 6. The number of aliphatic hydroxyl groups is 1. The summed E-state index contributed by atoms with van der Waals surface area (Å²) >= 11 is 0. The van der Waals surface area contributed by atoms with Crippen molar-refractivity contribution in [2.24, 2.45) is 23.3 Å². The summed E-state index contributed by atoms with van der Waals surface area (Å²) < 4.78 is 5.57. The molecule has 5 heteroatoms. The van der Waals surface area contributed by atoms with Crippen molar-refractivity contribution >= 4 is 0 Å². The standard InChI is InChI=1S/C13H29N3O2/c1-8-6-12(18-3)11(7-10(8)13(15)17)16-9(2)4-5-14/h8-13,16-17H,4-7,14-15H2,1-3H3/t8-,9?,10?,11?,12?,13?/m1/s1. The summed E-state index contributed by atoms with van der Waals surface area (Å²) in [6.45, 7) is 4.94. The summed E-state index contributed by atoms with van der Waals surface area (Å²) in [5.74, 6) is 0.525. The summed E-state index contributed by atoms with van der Waals surface area (Å²) in [5.41, 5.74) is 11.2. The molecule has 1 fully saturated rings. The molecular formula is C13H29N3O2. The van der Waals surface area contributed by atoms with Crippen LogP contribution in [0.2, 0.25) is 0 Å². The van der Waals surface area contributed by atoms with E-state index in [0.717, 1.165) is 19.3 Å². The van der Waals surface area contributed by atoms with E-state index in [9.17, 15) is 5.11 Å². The second-order valence-corrected chi connectivity index (χ2v) is 5.63. The normalized spacial score (nSPS) is 36.3. The number of nitrogens with two attached hydrogens (primary N) is 2. The molecule has 0 spiro atoms. The van der Waals surface area contributed by atoms with Crippen molar-refractivity contribution in [2.75, 3.05) is 13.7 Å². The van der Waals surface area contributed by atoms with Crippen molar-refractivity contribution in [1.29, 1.82) is 0 Å². The molecule has 0 aromatic heterocycles. The van der Waals surface area contributed by atoms with Gasteiger partial charge in [0.25, 0.3) is 0 Å². The summed E-state index contributed by atoms with van der Waals surface area (Å²) in [5, 5.41) is 13.2. The third kappa shape index (κ3) is 4.17. The fraction of sp³-hybridized carbons (Fsp3) is 1.00. The lowest BCUT2D eigenvalue weighted by Crippen LogP contribution is -2.53. The minimum atomic E-state index is -0.744. The minimum absolute atomic E-state index is 0.138. The maximum Gasteiger partial charge on any atom is 0.105 e. The Labute approximate surface area is 110 Å². The molecular weight excluding hydrogens is 230 g/mol. The van der Waals surface area contributed by atoms with Gasteiger partial charge in [0, 0.05) is 25.1 Å². The SMILES string of the molecule is COC1C[C@@H](C)C(C(N)O)CC1NC(C)CCN. The van der Waals surface area contributed by atoms with Crippen molar-refractivity contribution < 1.29 is 9.84 Å². The molecule has 0 bridgehead atoms. The molecule has 0 amide bonds. The Morgan fingerprint density at radius 1 is 1.44 bits per heavy atom. The average molecular weight is 259 g/mol. The molecule has 0 aromatic carbocycles. The molecule has 5 nitrogen and oxygen atoms in total. The van der Waals surface area contributed by atoms with Crippen LogP contribution in [0.3, 0.4) is 0 Å². The smallest absolute Gasteiger partial charge is 0.105 e. The quantitative estimate of drug-likeness (QED) is 0.505. The Morgan fingerprint density at radius 3 is 2.61 bits per heavy atom. The third-order valence-corrected chi connectivity index (χ3v) is 4.15. The minimum Gasteiger partial charge on any atom is -0.380 e. The highest BCUT2D eigenvalue weighted by atomic mass is 16.5. The lowest BCUT2D eigenvalue weighted by molar-refractivity contribution is -0.0319. The van der Waals surface area contributed by atoms with Crippen LogP contribution < -0.4 is 16.8 Å². The van der Waals surface area contributed by atoms with Crippen LogP contribution in [0.15, 0.2) is 0 Å². The number of hydrogen-bond acceptors (Lipinski definition) is 5. The van der Waals surface area contributed by atoms with Gasteiger partial charge < -0.3 is 26.6 Å². The number of nitrogens with one attached hydrogen (secondary N) is 1. The summed E-state index contributed by atoms with van der Waals surface area (Å²) in [7, 11) is 1.75. The van der Waals surface area contributed by atoms with E-state index >= 15 is 0 Å². The highest BCUT2D eigenvalue weighted by Crippen LogP contribution is 2.33. The van der Waals surface area contributed by atoms with Crippen molar-refractivity contribution in [3.05, 3.63) is 0 Å². The van der Waals surface area contributed by atoms with Crippen LogP contribution in [-0.4, -0.2) is 43.2 Å². The van der Waals surface area contributed by atoms with Gasteiger partial charge in [0.15, 0.2) is 0 Å².